The molecule has 3 aromatic rings. The van der Waals surface area contributed by atoms with E-state index < -0.39 is 0 Å². The number of fused-ring (bicyclic) bond motifs is 3. The van der Waals surface area contributed by atoms with Gasteiger partial charge in [-0.15, -0.1) is 0 Å². The average Bonchev–Trinajstić information content (AvgIpc) is 2.69. The van der Waals surface area contributed by atoms with Crippen molar-refractivity contribution in [3.05, 3.63) is 46.4 Å². The summed E-state index contributed by atoms with van der Waals surface area (Å²) in [5, 5.41) is 3.53. The van der Waals surface area contributed by atoms with Gasteiger partial charge < -0.3 is 4.57 Å². The molecule has 3 rings (SSSR count). The van der Waals surface area contributed by atoms with Crippen LogP contribution in [0.15, 0.2) is 36.4 Å². The Balaban J connectivity index is 2.31. The molecule has 0 bridgehead atoms. The number of Topliss-reactive ketones (excluding diaryl/α,β-unsaturated/α-hetero) is 1. The average molecular weight is 306 g/mol. The van der Waals surface area contributed by atoms with Crippen LogP contribution in [0.1, 0.15) is 13.3 Å². The number of benzene rings is 2. The van der Waals surface area contributed by atoms with Crippen LogP contribution in [0.3, 0.4) is 0 Å². The van der Waals surface area contributed by atoms with Gasteiger partial charge in [-0.2, -0.15) is 0 Å². The van der Waals surface area contributed by atoms with Crippen molar-refractivity contribution >= 4 is 50.8 Å². The molecule has 0 aliphatic heterocycles. The van der Waals surface area contributed by atoms with E-state index >= 15 is 0 Å². The van der Waals surface area contributed by atoms with Gasteiger partial charge in [-0.1, -0.05) is 23.2 Å². The molecule has 0 unspecified atom stereocenters. The molecule has 4 heteroatoms. The second-order valence-corrected chi connectivity index (χ2v) is 5.80. The number of aromatic nitrogens is 1. The third kappa shape index (κ3) is 2.30. The van der Waals surface area contributed by atoms with E-state index in [4.69, 9.17) is 23.2 Å². The second-order valence-electron chi connectivity index (χ2n) is 4.93. The molecule has 0 N–H and O–H groups in total. The molecular formula is C16H13Cl2NO. The summed E-state index contributed by atoms with van der Waals surface area (Å²) in [5.74, 6) is 0.183. The number of carbonyl (C=O) groups excluding carboxylic acids is 1. The summed E-state index contributed by atoms with van der Waals surface area (Å²) in [6.07, 6.45) is 0.518. The number of ketones is 1. The SMILES string of the molecule is CC(=O)CCn1c2ccc(Cl)cc2c2cc(Cl)ccc21. The van der Waals surface area contributed by atoms with E-state index in [1.54, 1.807) is 6.92 Å². The number of hydrogen-bond acceptors (Lipinski definition) is 1. The van der Waals surface area contributed by atoms with Crippen LogP contribution in [0.25, 0.3) is 21.8 Å². The molecule has 2 nitrogen and oxygen atoms in total. The van der Waals surface area contributed by atoms with Gasteiger partial charge in [0.05, 0.1) is 0 Å². The molecule has 0 saturated carbocycles. The highest BCUT2D eigenvalue weighted by molar-refractivity contribution is 6.33. The standard InChI is InChI=1S/C16H13Cl2NO/c1-10(20)6-7-19-15-4-2-11(17)8-13(15)14-9-12(18)3-5-16(14)19/h2-5,8-9H,6-7H2,1H3. The number of hydrogen-bond donors (Lipinski definition) is 0. The summed E-state index contributed by atoms with van der Waals surface area (Å²) >= 11 is 12.2. The van der Waals surface area contributed by atoms with Crippen molar-refractivity contribution in [1.82, 2.24) is 4.57 Å². The van der Waals surface area contributed by atoms with Crippen molar-refractivity contribution in [2.24, 2.45) is 0 Å². The first-order valence-electron chi connectivity index (χ1n) is 6.43. The fraction of sp³-hybridized carbons (Fsp3) is 0.188. The van der Waals surface area contributed by atoms with E-state index in [-0.39, 0.29) is 5.78 Å². The Morgan fingerprint density at radius 2 is 1.50 bits per heavy atom. The summed E-state index contributed by atoms with van der Waals surface area (Å²) in [7, 11) is 0. The summed E-state index contributed by atoms with van der Waals surface area (Å²) in [5.41, 5.74) is 2.15. The van der Waals surface area contributed by atoms with Gasteiger partial charge in [0, 0.05) is 44.8 Å². The lowest BCUT2D eigenvalue weighted by Crippen LogP contribution is -2.02. The predicted octanol–water partition coefficient (Wildman–Crippen LogP) is 5.08. The lowest BCUT2D eigenvalue weighted by Gasteiger charge is -2.05. The second kappa shape index (κ2) is 5.12. The van der Waals surface area contributed by atoms with Crippen molar-refractivity contribution in [1.29, 1.82) is 0 Å². The van der Waals surface area contributed by atoms with E-state index in [2.05, 4.69) is 4.57 Å². The Labute approximate surface area is 126 Å². The van der Waals surface area contributed by atoms with Gasteiger partial charge in [-0.05, 0) is 43.3 Å². The van der Waals surface area contributed by atoms with E-state index in [0.717, 1.165) is 21.8 Å². The molecule has 0 fully saturated rings. The molecule has 0 atom stereocenters. The molecule has 2 aromatic carbocycles. The van der Waals surface area contributed by atoms with E-state index in [1.807, 2.05) is 36.4 Å². The van der Waals surface area contributed by atoms with Crippen LogP contribution in [-0.4, -0.2) is 10.4 Å². The van der Waals surface area contributed by atoms with Crippen LogP contribution in [0, 0.1) is 0 Å². The third-order valence-corrected chi connectivity index (χ3v) is 3.95. The summed E-state index contributed by atoms with van der Waals surface area (Å²) in [6, 6.07) is 11.6. The van der Waals surface area contributed by atoms with E-state index in [1.165, 1.54) is 0 Å². The lowest BCUT2D eigenvalue weighted by molar-refractivity contribution is -0.117. The third-order valence-electron chi connectivity index (χ3n) is 3.48. The van der Waals surface area contributed by atoms with Crippen molar-refractivity contribution in [3.63, 3.8) is 0 Å². The Bertz CT molecular complexity index is 761. The van der Waals surface area contributed by atoms with E-state index in [9.17, 15) is 4.79 Å². The van der Waals surface area contributed by atoms with Gasteiger partial charge >= 0.3 is 0 Å². The fourth-order valence-electron chi connectivity index (χ4n) is 2.56. The van der Waals surface area contributed by atoms with Gasteiger partial charge in [0.2, 0.25) is 0 Å². The first-order valence-corrected chi connectivity index (χ1v) is 7.18. The summed E-state index contributed by atoms with van der Waals surface area (Å²) < 4.78 is 2.15. The minimum atomic E-state index is 0.183. The molecule has 0 amide bonds. The van der Waals surface area contributed by atoms with Gasteiger partial charge in [-0.3, -0.25) is 4.79 Å². The number of halogens is 2. The van der Waals surface area contributed by atoms with Crippen LogP contribution in [0.5, 0.6) is 0 Å². The maximum Gasteiger partial charge on any atom is 0.131 e. The highest BCUT2D eigenvalue weighted by Crippen LogP contribution is 2.32. The van der Waals surface area contributed by atoms with Crippen molar-refractivity contribution in [3.8, 4) is 0 Å². The van der Waals surface area contributed by atoms with Gasteiger partial charge in [0.1, 0.15) is 5.78 Å². The highest BCUT2D eigenvalue weighted by atomic mass is 35.5. The van der Waals surface area contributed by atoms with Gasteiger partial charge in [-0.25, -0.2) is 0 Å². The number of aryl methyl sites for hydroxylation is 1. The molecule has 0 spiro atoms. The first-order chi connectivity index (χ1) is 9.56. The highest BCUT2D eigenvalue weighted by Gasteiger charge is 2.11. The van der Waals surface area contributed by atoms with Crippen LogP contribution in [0.4, 0.5) is 0 Å². The monoisotopic (exact) mass is 305 g/mol. The molecule has 1 aromatic heterocycles. The minimum absolute atomic E-state index is 0.183. The van der Waals surface area contributed by atoms with Crippen molar-refractivity contribution < 1.29 is 4.79 Å². The van der Waals surface area contributed by atoms with Crippen LogP contribution < -0.4 is 0 Å². The van der Waals surface area contributed by atoms with Crippen LogP contribution >= 0.6 is 23.2 Å². The predicted molar refractivity (Wildman–Crippen MR) is 84.8 cm³/mol. The number of carbonyl (C=O) groups is 1. The number of rotatable bonds is 3. The maximum atomic E-state index is 11.3. The van der Waals surface area contributed by atoms with E-state index in [0.29, 0.717) is 23.0 Å². The fourth-order valence-corrected chi connectivity index (χ4v) is 2.90. The Kier molecular flexibility index (Phi) is 3.45. The lowest BCUT2D eigenvalue weighted by atomic mass is 10.1. The van der Waals surface area contributed by atoms with Crippen LogP contribution in [0.2, 0.25) is 10.0 Å². The smallest absolute Gasteiger partial charge is 0.131 e. The molecular weight excluding hydrogens is 293 g/mol. The largest absolute Gasteiger partial charge is 0.340 e. The number of nitrogens with zero attached hydrogens (tertiary/aromatic N) is 1. The zero-order valence-electron chi connectivity index (χ0n) is 11.0. The Hall–Kier alpha value is -1.51. The van der Waals surface area contributed by atoms with Gasteiger partial charge in [0.15, 0.2) is 0 Å². The summed E-state index contributed by atoms with van der Waals surface area (Å²) in [6.45, 7) is 2.28. The normalized spacial score (nSPS) is 11.3. The van der Waals surface area contributed by atoms with Gasteiger partial charge in [0.25, 0.3) is 0 Å². The molecule has 1 heterocycles. The zero-order valence-corrected chi connectivity index (χ0v) is 12.5. The molecule has 102 valence electrons. The van der Waals surface area contributed by atoms with Crippen molar-refractivity contribution in [2.45, 2.75) is 19.9 Å². The topological polar surface area (TPSA) is 22.0 Å². The molecule has 20 heavy (non-hydrogen) atoms. The quantitative estimate of drug-likeness (QED) is 0.661. The van der Waals surface area contributed by atoms with Crippen LogP contribution in [-0.2, 0) is 11.3 Å². The van der Waals surface area contributed by atoms with Crippen molar-refractivity contribution in [2.75, 3.05) is 0 Å². The molecule has 0 radical (unpaired) electrons. The zero-order chi connectivity index (χ0) is 14.3. The molecule has 0 saturated heterocycles. The maximum absolute atomic E-state index is 11.3. The summed E-state index contributed by atoms with van der Waals surface area (Å²) in [4.78, 5) is 11.3. The Morgan fingerprint density at radius 3 is 1.95 bits per heavy atom. The molecule has 0 aliphatic carbocycles. The minimum Gasteiger partial charge on any atom is -0.340 e. The molecule has 0 aliphatic rings. The Morgan fingerprint density at radius 1 is 1.00 bits per heavy atom. The first kappa shape index (κ1) is 13.5.